The molecule has 1 atom stereocenters. The Labute approximate surface area is 140 Å². The van der Waals surface area contributed by atoms with Crippen molar-refractivity contribution in [1.82, 2.24) is 20.1 Å². The number of H-pyrrole nitrogens is 1. The van der Waals surface area contributed by atoms with Crippen LogP contribution in [0.25, 0.3) is 10.9 Å². The molecular formula is C18H22N4O2. The second-order valence-electron chi connectivity index (χ2n) is 6.75. The van der Waals surface area contributed by atoms with Crippen molar-refractivity contribution in [1.29, 1.82) is 0 Å². The predicted molar refractivity (Wildman–Crippen MR) is 92.1 cm³/mol. The molecule has 6 nitrogen and oxygen atoms in total. The van der Waals surface area contributed by atoms with Crippen LogP contribution in [0, 0.1) is 6.92 Å². The van der Waals surface area contributed by atoms with Gasteiger partial charge in [-0.3, -0.25) is 4.79 Å². The maximum absolute atomic E-state index is 12.9. The standard InChI is InChI=1S/C18H22N4O2/c1-12-4-5-15-13(9-12)10-16(20-15)17(23)21-7-2-3-14(11-21)22-8-6-19-18(22)24/h4-5,9-10,14,20H,2-3,6-8,11H2,1H3,(H,19,24). The number of benzene rings is 1. The second kappa shape index (κ2) is 5.85. The molecule has 0 radical (unpaired) electrons. The van der Waals surface area contributed by atoms with Crippen molar-refractivity contribution in [3.63, 3.8) is 0 Å². The average Bonchev–Trinajstić information content (AvgIpc) is 3.20. The Balaban J connectivity index is 1.53. The number of aryl methyl sites for hydroxylation is 1. The Morgan fingerprint density at radius 2 is 2.12 bits per heavy atom. The molecule has 4 rings (SSSR count). The molecule has 126 valence electrons. The first-order valence-corrected chi connectivity index (χ1v) is 8.55. The molecule has 0 spiro atoms. The van der Waals surface area contributed by atoms with Gasteiger partial charge in [0.05, 0.1) is 6.04 Å². The van der Waals surface area contributed by atoms with Crippen LogP contribution in [-0.2, 0) is 0 Å². The van der Waals surface area contributed by atoms with E-state index in [0.29, 0.717) is 18.8 Å². The monoisotopic (exact) mass is 326 g/mol. The van der Waals surface area contributed by atoms with Gasteiger partial charge in [-0.05, 0) is 38.0 Å². The highest BCUT2D eigenvalue weighted by Crippen LogP contribution is 2.22. The summed E-state index contributed by atoms with van der Waals surface area (Å²) in [6.07, 6.45) is 1.89. The van der Waals surface area contributed by atoms with Crippen molar-refractivity contribution in [3.8, 4) is 0 Å². The quantitative estimate of drug-likeness (QED) is 0.887. The molecule has 2 fully saturated rings. The number of carbonyl (C=O) groups is 2. The van der Waals surface area contributed by atoms with Gasteiger partial charge in [0, 0.05) is 37.1 Å². The van der Waals surface area contributed by atoms with Crippen LogP contribution in [0.3, 0.4) is 0 Å². The zero-order chi connectivity index (χ0) is 16.7. The minimum Gasteiger partial charge on any atom is -0.351 e. The van der Waals surface area contributed by atoms with Crippen LogP contribution in [0.15, 0.2) is 24.3 Å². The Hall–Kier alpha value is -2.50. The molecule has 2 N–H and O–H groups in total. The maximum Gasteiger partial charge on any atom is 0.317 e. The van der Waals surface area contributed by atoms with E-state index in [1.165, 1.54) is 5.56 Å². The molecule has 3 amide bonds. The van der Waals surface area contributed by atoms with Gasteiger partial charge < -0.3 is 20.1 Å². The van der Waals surface area contributed by atoms with E-state index >= 15 is 0 Å². The van der Waals surface area contributed by atoms with Gasteiger partial charge >= 0.3 is 6.03 Å². The molecule has 24 heavy (non-hydrogen) atoms. The van der Waals surface area contributed by atoms with Crippen molar-refractivity contribution < 1.29 is 9.59 Å². The molecule has 3 heterocycles. The maximum atomic E-state index is 12.9. The molecule has 1 aromatic carbocycles. The van der Waals surface area contributed by atoms with Gasteiger partial charge in [-0.25, -0.2) is 4.79 Å². The number of nitrogens with zero attached hydrogens (tertiary/aromatic N) is 2. The van der Waals surface area contributed by atoms with Crippen LogP contribution in [0.1, 0.15) is 28.9 Å². The first-order chi connectivity index (χ1) is 11.6. The fourth-order valence-corrected chi connectivity index (χ4v) is 3.77. The van der Waals surface area contributed by atoms with E-state index in [2.05, 4.69) is 16.4 Å². The lowest BCUT2D eigenvalue weighted by atomic mass is 10.0. The molecule has 2 aliphatic heterocycles. The summed E-state index contributed by atoms with van der Waals surface area (Å²) in [5.41, 5.74) is 2.79. The fraction of sp³-hybridized carbons (Fsp3) is 0.444. The highest BCUT2D eigenvalue weighted by molar-refractivity contribution is 5.98. The van der Waals surface area contributed by atoms with Crippen LogP contribution in [-0.4, -0.2) is 58.9 Å². The van der Waals surface area contributed by atoms with Gasteiger partial charge in [0.15, 0.2) is 0 Å². The first kappa shape index (κ1) is 15.1. The van der Waals surface area contributed by atoms with Crippen molar-refractivity contribution in [2.24, 2.45) is 0 Å². The van der Waals surface area contributed by atoms with Gasteiger partial charge in [0.2, 0.25) is 0 Å². The number of aromatic nitrogens is 1. The molecule has 0 bridgehead atoms. The third kappa shape index (κ3) is 2.62. The third-order valence-corrected chi connectivity index (χ3v) is 5.02. The van der Waals surface area contributed by atoms with Crippen molar-refractivity contribution >= 4 is 22.8 Å². The smallest absolute Gasteiger partial charge is 0.317 e. The van der Waals surface area contributed by atoms with Gasteiger partial charge in [-0.1, -0.05) is 11.6 Å². The minimum absolute atomic E-state index is 0.00427. The Morgan fingerprint density at radius 3 is 2.92 bits per heavy atom. The second-order valence-corrected chi connectivity index (χ2v) is 6.75. The summed E-state index contributed by atoms with van der Waals surface area (Å²) in [6.45, 7) is 4.84. The largest absolute Gasteiger partial charge is 0.351 e. The molecular weight excluding hydrogens is 304 g/mol. The number of fused-ring (bicyclic) bond motifs is 1. The van der Waals surface area contributed by atoms with E-state index in [0.717, 1.165) is 36.8 Å². The van der Waals surface area contributed by atoms with Crippen LogP contribution in [0.5, 0.6) is 0 Å². The first-order valence-electron chi connectivity index (χ1n) is 8.55. The number of rotatable bonds is 2. The number of nitrogens with one attached hydrogen (secondary N) is 2. The summed E-state index contributed by atoms with van der Waals surface area (Å²) in [7, 11) is 0. The number of amides is 3. The Morgan fingerprint density at radius 1 is 1.25 bits per heavy atom. The predicted octanol–water partition coefficient (Wildman–Crippen LogP) is 2.11. The van der Waals surface area contributed by atoms with E-state index in [9.17, 15) is 9.59 Å². The molecule has 0 aliphatic carbocycles. The van der Waals surface area contributed by atoms with Crippen LogP contribution in [0.2, 0.25) is 0 Å². The zero-order valence-electron chi connectivity index (χ0n) is 13.8. The summed E-state index contributed by atoms with van der Waals surface area (Å²) in [5, 5.41) is 3.90. The number of aromatic amines is 1. The number of hydrogen-bond donors (Lipinski definition) is 2. The van der Waals surface area contributed by atoms with Crippen molar-refractivity contribution in [2.75, 3.05) is 26.2 Å². The summed E-state index contributed by atoms with van der Waals surface area (Å²) >= 11 is 0. The lowest BCUT2D eigenvalue weighted by Gasteiger charge is -2.36. The number of urea groups is 1. The fourth-order valence-electron chi connectivity index (χ4n) is 3.77. The lowest BCUT2D eigenvalue weighted by molar-refractivity contribution is 0.0629. The highest BCUT2D eigenvalue weighted by Gasteiger charge is 2.33. The highest BCUT2D eigenvalue weighted by atomic mass is 16.2. The summed E-state index contributed by atoms with van der Waals surface area (Å²) in [4.78, 5) is 31.7. The van der Waals surface area contributed by atoms with E-state index in [1.54, 1.807) is 0 Å². The summed E-state index contributed by atoms with van der Waals surface area (Å²) in [6, 6.07) is 8.17. The number of likely N-dealkylation sites (tertiary alicyclic amines) is 1. The number of hydrogen-bond acceptors (Lipinski definition) is 2. The molecule has 1 unspecified atom stereocenters. The topological polar surface area (TPSA) is 68.4 Å². The Kier molecular flexibility index (Phi) is 3.67. The van der Waals surface area contributed by atoms with Gasteiger partial charge in [-0.15, -0.1) is 0 Å². The molecule has 6 heteroatoms. The third-order valence-electron chi connectivity index (χ3n) is 5.02. The van der Waals surface area contributed by atoms with E-state index in [1.807, 2.05) is 34.9 Å². The van der Waals surface area contributed by atoms with Gasteiger partial charge in [0.25, 0.3) is 5.91 Å². The molecule has 1 aromatic heterocycles. The molecule has 2 aliphatic rings. The van der Waals surface area contributed by atoms with Crippen LogP contribution >= 0.6 is 0 Å². The molecule has 0 saturated carbocycles. The lowest BCUT2D eigenvalue weighted by Crippen LogP contribution is -2.50. The number of piperidine rings is 1. The average molecular weight is 326 g/mol. The normalized spacial score (nSPS) is 21.4. The molecule has 2 saturated heterocycles. The SMILES string of the molecule is Cc1ccc2[nH]c(C(=O)N3CCCC(N4CCNC4=O)C3)cc2c1. The van der Waals surface area contributed by atoms with Gasteiger partial charge in [0.1, 0.15) is 5.69 Å². The van der Waals surface area contributed by atoms with E-state index < -0.39 is 0 Å². The van der Waals surface area contributed by atoms with Gasteiger partial charge in [-0.2, -0.15) is 0 Å². The van der Waals surface area contributed by atoms with Crippen molar-refractivity contribution in [2.45, 2.75) is 25.8 Å². The zero-order valence-corrected chi connectivity index (χ0v) is 13.8. The van der Waals surface area contributed by atoms with E-state index in [4.69, 9.17) is 0 Å². The molecule has 2 aromatic rings. The minimum atomic E-state index is -0.00427. The van der Waals surface area contributed by atoms with Crippen LogP contribution in [0.4, 0.5) is 4.79 Å². The summed E-state index contributed by atoms with van der Waals surface area (Å²) in [5.74, 6) is 0.0214. The van der Waals surface area contributed by atoms with Crippen molar-refractivity contribution in [3.05, 3.63) is 35.5 Å². The van der Waals surface area contributed by atoms with Crippen LogP contribution < -0.4 is 5.32 Å². The number of carbonyl (C=O) groups excluding carboxylic acids is 2. The Bertz CT molecular complexity index is 797. The summed E-state index contributed by atoms with van der Waals surface area (Å²) < 4.78 is 0. The van der Waals surface area contributed by atoms with E-state index in [-0.39, 0.29) is 18.0 Å².